The number of hydrogen-bond acceptors (Lipinski definition) is 5. The van der Waals surface area contributed by atoms with E-state index in [0.717, 1.165) is 30.9 Å². The predicted molar refractivity (Wildman–Crippen MR) is 85.5 cm³/mol. The summed E-state index contributed by atoms with van der Waals surface area (Å²) in [4.78, 5) is 1.40. The van der Waals surface area contributed by atoms with Crippen LogP contribution in [0.2, 0.25) is 0 Å². The Balaban J connectivity index is 1.58. The Kier molecular flexibility index (Phi) is 4.70. The highest BCUT2D eigenvalue weighted by molar-refractivity contribution is 8.00. The van der Waals surface area contributed by atoms with Crippen molar-refractivity contribution in [3.8, 4) is 0 Å². The summed E-state index contributed by atoms with van der Waals surface area (Å²) < 4.78 is 0. The first-order valence-corrected chi connectivity index (χ1v) is 8.84. The van der Waals surface area contributed by atoms with Crippen molar-refractivity contribution in [1.82, 2.24) is 15.5 Å². The van der Waals surface area contributed by atoms with Crippen LogP contribution in [0, 0.1) is 0 Å². The second-order valence-electron chi connectivity index (χ2n) is 4.95. The zero-order valence-electron chi connectivity index (χ0n) is 11.6. The van der Waals surface area contributed by atoms with E-state index in [1.165, 1.54) is 21.9 Å². The number of nitrogens with one attached hydrogen (secondary N) is 1. The van der Waals surface area contributed by atoms with E-state index in [2.05, 4.69) is 46.7 Å². The molecule has 20 heavy (non-hydrogen) atoms. The summed E-state index contributed by atoms with van der Waals surface area (Å²) in [7, 11) is 0. The van der Waals surface area contributed by atoms with Crippen LogP contribution in [0.5, 0.6) is 0 Å². The largest absolute Gasteiger partial charge is 0.316 e. The van der Waals surface area contributed by atoms with Gasteiger partial charge in [-0.25, -0.2) is 0 Å². The average Bonchev–Trinajstić information content (AvgIpc) is 3.09. The van der Waals surface area contributed by atoms with E-state index in [1.54, 1.807) is 11.3 Å². The molecular weight excluding hydrogens is 286 g/mol. The Hall–Kier alpha value is -0.910. The van der Waals surface area contributed by atoms with E-state index >= 15 is 0 Å². The molecule has 1 N–H and O–H groups in total. The Morgan fingerprint density at radius 3 is 3.00 bits per heavy atom. The highest BCUT2D eigenvalue weighted by Gasteiger charge is 2.26. The summed E-state index contributed by atoms with van der Waals surface area (Å²) in [5.41, 5.74) is 1.45. The van der Waals surface area contributed by atoms with Crippen molar-refractivity contribution in [2.45, 2.75) is 36.3 Å². The maximum Gasteiger partial charge on any atom is 0.131 e. The Bertz CT molecular complexity index is 543. The summed E-state index contributed by atoms with van der Waals surface area (Å²) >= 11 is 3.70. The fourth-order valence-corrected chi connectivity index (χ4v) is 4.60. The predicted octanol–water partition coefficient (Wildman–Crippen LogP) is 3.47. The van der Waals surface area contributed by atoms with Crippen molar-refractivity contribution in [2.24, 2.45) is 0 Å². The summed E-state index contributed by atoms with van der Waals surface area (Å²) in [5.74, 6) is 0. The Morgan fingerprint density at radius 1 is 1.25 bits per heavy atom. The first-order valence-electron chi connectivity index (χ1n) is 7.14. The van der Waals surface area contributed by atoms with Crippen molar-refractivity contribution in [1.29, 1.82) is 0 Å². The van der Waals surface area contributed by atoms with E-state index in [9.17, 15) is 0 Å². The third-order valence-corrected chi connectivity index (χ3v) is 5.92. The SMILES string of the molecule is CCCNCCc1nnc(C2Cc3ccccc3S2)s1. The van der Waals surface area contributed by atoms with Crippen molar-refractivity contribution in [2.75, 3.05) is 13.1 Å². The van der Waals surface area contributed by atoms with Gasteiger partial charge in [-0.05, 0) is 31.0 Å². The van der Waals surface area contributed by atoms with Gasteiger partial charge in [-0.15, -0.1) is 33.3 Å². The molecular formula is C15H19N3S2. The van der Waals surface area contributed by atoms with Crippen LogP contribution in [-0.2, 0) is 12.8 Å². The van der Waals surface area contributed by atoms with E-state index in [1.807, 2.05) is 11.8 Å². The van der Waals surface area contributed by atoms with E-state index in [0.29, 0.717) is 5.25 Å². The van der Waals surface area contributed by atoms with Gasteiger partial charge >= 0.3 is 0 Å². The number of benzene rings is 1. The molecule has 1 aromatic carbocycles. The van der Waals surface area contributed by atoms with Gasteiger partial charge in [0, 0.05) is 17.9 Å². The van der Waals surface area contributed by atoms with Crippen LogP contribution < -0.4 is 5.32 Å². The number of thioether (sulfide) groups is 1. The molecule has 2 aromatic rings. The summed E-state index contributed by atoms with van der Waals surface area (Å²) in [6.07, 6.45) is 3.25. The lowest BCUT2D eigenvalue weighted by atomic mass is 10.1. The molecule has 0 fully saturated rings. The number of rotatable bonds is 6. The fraction of sp³-hybridized carbons (Fsp3) is 0.467. The molecule has 3 rings (SSSR count). The van der Waals surface area contributed by atoms with Gasteiger partial charge in [-0.2, -0.15) is 0 Å². The lowest BCUT2D eigenvalue weighted by Crippen LogP contribution is -2.17. The third kappa shape index (κ3) is 3.22. The van der Waals surface area contributed by atoms with Crippen molar-refractivity contribution >= 4 is 23.1 Å². The highest BCUT2D eigenvalue weighted by Crippen LogP contribution is 2.46. The molecule has 5 heteroatoms. The van der Waals surface area contributed by atoms with Crippen LogP contribution in [0.3, 0.4) is 0 Å². The van der Waals surface area contributed by atoms with E-state index < -0.39 is 0 Å². The fourth-order valence-electron chi connectivity index (χ4n) is 2.31. The van der Waals surface area contributed by atoms with Gasteiger partial charge in [0.05, 0.1) is 5.25 Å². The molecule has 3 nitrogen and oxygen atoms in total. The standard InChI is InChI=1S/C15H19N3S2/c1-2-8-16-9-7-14-17-18-15(20-14)13-10-11-5-3-4-6-12(11)19-13/h3-6,13,16H,2,7-10H2,1H3. The lowest BCUT2D eigenvalue weighted by Gasteiger charge is -2.01. The minimum Gasteiger partial charge on any atom is -0.316 e. The van der Waals surface area contributed by atoms with Crippen molar-refractivity contribution in [3.63, 3.8) is 0 Å². The second-order valence-corrected chi connectivity index (χ2v) is 7.29. The van der Waals surface area contributed by atoms with E-state index in [4.69, 9.17) is 0 Å². The second kappa shape index (κ2) is 6.70. The summed E-state index contributed by atoms with van der Waals surface area (Å²) in [6.45, 7) is 4.27. The molecule has 0 aliphatic carbocycles. The number of nitrogens with zero attached hydrogens (tertiary/aromatic N) is 2. The van der Waals surface area contributed by atoms with Gasteiger partial charge in [0.2, 0.25) is 0 Å². The van der Waals surface area contributed by atoms with Gasteiger partial charge in [0.1, 0.15) is 10.0 Å². The molecule has 1 aliphatic heterocycles. The summed E-state index contributed by atoms with van der Waals surface area (Å²) in [5, 5.41) is 14.9. The van der Waals surface area contributed by atoms with Crippen LogP contribution >= 0.6 is 23.1 Å². The van der Waals surface area contributed by atoms with Crippen molar-refractivity contribution in [3.05, 3.63) is 39.8 Å². The first-order chi connectivity index (χ1) is 9.86. The zero-order chi connectivity index (χ0) is 13.8. The molecule has 0 spiro atoms. The van der Waals surface area contributed by atoms with Gasteiger partial charge in [0.15, 0.2) is 0 Å². The molecule has 1 unspecified atom stereocenters. The number of fused-ring (bicyclic) bond motifs is 1. The maximum atomic E-state index is 4.40. The molecule has 1 aliphatic rings. The number of aromatic nitrogens is 2. The molecule has 106 valence electrons. The van der Waals surface area contributed by atoms with Crippen LogP contribution in [0.4, 0.5) is 0 Å². The van der Waals surface area contributed by atoms with Gasteiger partial charge in [-0.1, -0.05) is 25.1 Å². The zero-order valence-corrected chi connectivity index (χ0v) is 13.3. The normalized spacial score (nSPS) is 17.4. The summed E-state index contributed by atoms with van der Waals surface area (Å²) in [6, 6.07) is 8.65. The lowest BCUT2D eigenvalue weighted by molar-refractivity contribution is 0.667. The quantitative estimate of drug-likeness (QED) is 0.829. The molecule has 0 bridgehead atoms. The monoisotopic (exact) mass is 305 g/mol. The van der Waals surface area contributed by atoms with E-state index in [-0.39, 0.29) is 0 Å². The smallest absolute Gasteiger partial charge is 0.131 e. The molecule has 2 heterocycles. The molecule has 1 atom stereocenters. The van der Waals surface area contributed by atoms with Gasteiger partial charge in [-0.3, -0.25) is 0 Å². The van der Waals surface area contributed by atoms with Gasteiger partial charge in [0.25, 0.3) is 0 Å². The third-order valence-electron chi connectivity index (χ3n) is 3.35. The maximum absolute atomic E-state index is 4.40. The molecule has 0 radical (unpaired) electrons. The molecule has 1 aromatic heterocycles. The molecule has 0 saturated carbocycles. The topological polar surface area (TPSA) is 37.8 Å². The van der Waals surface area contributed by atoms with Crippen LogP contribution in [0.1, 0.15) is 34.2 Å². The average molecular weight is 305 g/mol. The first kappa shape index (κ1) is 14.0. The minimum absolute atomic E-state index is 0.460. The van der Waals surface area contributed by atoms with Crippen LogP contribution in [0.15, 0.2) is 29.2 Å². The Labute approximate surface area is 128 Å². The van der Waals surface area contributed by atoms with Crippen LogP contribution in [0.25, 0.3) is 0 Å². The molecule has 0 amide bonds. The minimum atomic E-state index is 0.460. The van der Waals surface area contributed by atoms with Crippen LogP contribution in [-0.4, -0.2) is 23.3 Å². The highest BCUT2D eigenvalue weighted by atomic mass is 32.2. The Morgan fingerprint density at radius 2 is 2.15 bits per heavy atom. The van der Waals surface area contributed by atoms with Gasteiger partial charge < -0.3 is 5.32 Å². The number of hydrogen-bond donors (Lipinski definition) is 1. The molecule has 0 saturated heterocycles. The van der Waals surface area contributed by atoms with Crippen molar-refractivity contribution < 1.29 is 0 Å².